The van der Waals surface area contributed by atoms with Gasteiger partial charge in [0.15, 0.2) is 11.5 Å². The van der Waals surface area contributed by atoms with Crippen LogP contribution in [0.4, 0.5) is 10.5 Å². The summed E-state index contributed by atoms with van der Waals surface area (Å²) in [6, 6.07) is 11.4. The summed E-state index contributed by atoms with van der Waals surface area (Å²) in [5.74, 6) is -0.430. The van der Waals surface area contributed by atoms with Gasteiger partial charge in [-0.1, -0.05) is 25.4 Å². The van der Waals surface area contributed by atoms with Crippen LogP contribution in [0.3, 0.4) is 0 Å². The lowest BCUT2D eigenvalue weighted by Crippen LogP contribution is -2.53. The topological polar surface area (TPSA) is 145 Å². The maximum atomic E-state index is 13.5. The SMILES string of the molecule is CC(C)C[C@H](NC(=O)c1cc2cc(OCCN3CCNCC3)ccc2o1)C(=O)NC1CC[C@@H](C)N(C(=O)Nc2ccc(Cl)cc2)CC1=O. The van der Waals surface area contributed by atoms with Crippen LogP contribution in [0.1, 0.15) is 50.6 Å². The molecule has 3 aromatic rings. The van der Waals surface area contributed by atoms with E-state index in [-0.39, 0.29) is 30.0 Å². The molecule has 4 amide bonds. The lowest BCUT2D eigenvalue weighted by molar-refractivity contribution is -0.129. The molecule has 4 N–H and O–H groups in total. The van der Waals surface area contributed by atoms with E-state index >= 15 is 0 Å². The minimum absolute atomic E-state index is 0.0752. The monoisotopic (exact) mass is 680 g/mol. The Morgan fingerprint density at radius 3 is 2.54 bits per heavy atom. The van der Waals surface area contributed by atoms with E-state index in [0.717, 1.165) is 32.7 Å². The van der Waals surface area contributed by atoms with E-state index in [9.17, 15) is 19.2 Å². The van der Waals surface area contributed by atoms with Gasteiger partial charge in [0.1, 0.15) is 24.0 Å². The predicted octanol–water partition coefficient (Wildman–Crippen LogP) is 4.29. The van der Waals surface area contributed by atoms with Gasteiger partial charge in [-0.3, -0.25) is 19.3 Å². The zero-order valence-corrected chi connectivity index (χ0v) is 28.5. The molecule has 2 aliphatic rings. The Bertz CT molecular complexity index is 1590. The zero-order valence-electron chi connectivity index (χ0n) is 27.7. The molecule has 2 aromatic carbocycles. The van der Waals surface area contributed by atoms with Crippen LogP contribution in [0.25, 0.3) is 11.0 Å². The van der Waals surface area contributed by atoms with Crippen LogP contribution < -0.4 is 26.0 Å². The van der Waals surface area contributed by atoms with Crippen molar-refractivity contribution in [2.24, 2.45) is 5.92 Å². The molecule has 1 unspecified atom stereocenters. The van der Waals surface area contributed by atoms with E-state index in [2.05, 4.69) is 26.2 Å². The number of anilines is 1. The Hall–Kier alpha value is -4.13. The number of halogens is 1. The van der Waals surface area contributed by atoms with Gasteiger partial charge >= 0.3 is 6.03 Å². The Kier molecular flexibility index (Phi) is 12.0. The summed E-state index contributed by atoms with van der Waals surface area (Å²) >= 11 is 5.95. The number of hydrogen-bond acceptors (Lipinski definition) is 8. The molecule has 0 radical (unpaired) electrons. The van der Waals surface area contributed by atoms with Crippen molar-refractivity contribution < 1.29 is 28.3 Å². The summed E-state index contributed by atoms with van der Waals surface area (Å²) in [5.41, 5.74) is 1.09. The molecule has 258 valence electrons. The highest BCUT2D eigenvalue weighted by Gasteiger charge is 2.34. The number of rotatable bonds is 11. The fourth-order valence-electron chi connectivity index (χ4n) is 5.97. The Labute approximate surface area is 285 Å². The highest BCUT2D eigenvalue weighted by molar-refractivity contribution is 6.30. The smallest absolute Gasteiger partial charge is 0.322 e. The summed E-state index contributed by atoms with van der Waals surface area (Å²) in [6.07, 6.45) is 1.23. The van der Waals surface area contributed by atoms with Gasteiger partial charge < -0.3 is 35.3 Å². The van der Waals surface area contributed by atoms with Crippen molar-refractivity contribution in [1.82, 2.24) is 25.8 Å². The van der Waals surface area contributed by atoms with Gasteiger partial charge in [0, 0.05) is 54.9 Å². The summed E-state index contributed by atoms with van der Waals surface area (Å²) in [6.45, 7) is 11.0. The van der Waals surface area contributed by atoms with Crippen LogP contribution in [0.2, 0.25) is 5.02 Å². The standard InChI is InChI=1S/C35H45ClN6O6/c1-22(2)18-29(33(44)39-28-10-4-23(3)42(21-30(28)43)35(46)38-26-7-5-25(36)6-8-26)40-34(45)32-20-24-19-27(9-11-31(24)48-32)47-17-16-41-14-12-37-13-15-41/h5-9,11,19-20,22-23,28-29,37H,4,10,12-18,21H2,1-3H3,(H,38,46)(H,39,44)(H,40,45)/t23-,28?,29+/m1/s1. The number of nitrogens with zero attached hydrogens (tertiary/aromatic N) is 2. The second-order valence-electron chi connectivity index (χ2n) is 12.9. The Morgan fingerprint density at radius 2 is 1.81 bits per heavy atom. The summed E-state index contributed by atoms with van der Waals surface area (Å²) < 4.78 is 11.8. The number of likely N-dealkylation sites (tertiary alicyclic amines) is 1. The first-order valence-corrected chi connectivity index (χ1v) is 17.0. The van der Waals surface area contributed by atoms with Crippen LogP contribution in [-0.2, 0) is 9.59 Å². The van der Waals surface area contributed by atoms with E-state index in [1.807, 2.05) is 32.9 Å². The first kappa shape index (κ1) is 35.2. The third-order valence-corrected chi connectivity index (χ3v) is 8.97. The van der Waals surface area contributed by atoms with Crippen LogP contribution in [-0.4, -0.2) is 97.4 Å². The number of carbonyl (C=O) groups is 4. The summed E-state index contributed by atoms with van der Waals surface area (Å²) in [5, 5.41) is 13.1. The Balaban J connectivity index is 1.18. The minimum atomic E-state index is -0.896. The highest BCUT2D eigenvalue weighted by Crippen LogP contribution is 2.25. The molecule has 2 saturated heterocycles. The molecule has 0 saturated carbocycles. The molecule has 12 nitrogen and oxygen atoms in total. The van der Waals surface area contributed by atoms with Gasteiger partial charge in [-0.05, 0) is 80.6 Å². The molecule has 3 heterocycles. The van der Waals surface area contributed by atoms with Crippen molar-refractivity contribution in [1.29, 1.82) is 0 Å². The molecule has 2 aliphatic heterocycles. The fraction of sp³-hybridized carbons (Fsp3) is 0.486. The maximum Gasteiger partial charge on any atom is 0.322 e. The number of nitrogens with one attached hydrogen (secondary N) is 4. The highest BCUT2D eigenvalue weighted by atomic mass is 35.5. The second-order valence-corrected chi connectivity index (χ2v) is 13.4. The first-order chi connectivity index (χ1) is 23.0. The molecule has 0 spiro atoms. The average molecular weight is 681 g/mol. The van der Waals surface area contributed by atoms with Crippen molar-refractivity contribution in [2.45, 2.75) is 58.2 Å². The van der Waals surface area contributed by atoms with Crippen molar-refractivity contribution in [2.75, 3.05) is 51.2 Å². The number of ether oxygens (including phenoxy) is 1. The van der Waals surface area contributed by atoms with Gasteiger partial charge in [-0.25, -0.2) is 4.79 Å². The van der Waals surface area contributed by atoms with Gasteiger partial charge in [0.05, 0.1) is 12.6 Å². The van der Waals surface area contributed by atoms with E-state index < -0.39 is 29.9 Å². The molecule has 0 bridgehead atoms. The number of hydrogen-bond donors (Lipinski definition) is 4. The molecule has 1 aromatic heterocycles. The summed E-state index contributed by atoms with van der Waals surface area (Å²) in [4.78, 5) is 57.0. The third kappa shape index (κ3) is 9.48. The van der Waals surface area contributed by atoms with Crippen LogP contribution in [0, 0.1) is 5.92 Å². The quantitative estimate of drug-likeness (QED) is 0.235. The molecule has 5 rings (SSSR count). The number of furan rings is 1. The van der Waals surface area contributed by atoms with E-state index in [1.54, 1.807) is 36.4 Å². The normalized spacial score (nSPS) is 19.5. The number of piperazine rings is 1. The lowest BCUT2D eigenvalue weighted by Gasteiger charge is -2.26. The second kappa shape index (κ2) is 16.3. The largest absolute Gasteiger partial charge is 0.492 e. The Morgan fingerprint density at radius 1 is 1.06 bits per heavy atom. The van der Waals surface area contributed by atoms with Crippen LogP contribution >= 0.6 is 11.6 Å². The number of Topliss-reactive ketones (excluding diaryl/α,β-unsaturated/α-hetero) is 1. The van der Waals surface area contributed by atoms with Crippen molar-refractivity contribution in [3.05, 3.63) is 59.3 Å². The number of ketones is 1. The zero-order chi connectivity index (χ0) is 34.2. The van der Waals surface area contributed by atoms with Crippen molar-refractivity contribution >= 4 is 51.9 Å². The fourth-order valence-corrected chi connectivity index (χ4v) is 6.09. The van der Waals surface area contributed by atoms with Gasteiger partial charge in [0.25, 0.3) is 5.91 Å². The van der Waals surface area contributed by atoms with Crippen molar-refractivity contribution in [3.63, 3.8) is 0 Å². The number of fused-ring (bicyclic) bond motifs is 1. The number of carbonyl (C=O) groups excluding carboxylic acids is 4. The molecular formula is C35H45ClN6O6. The maximum absolute atomic E-state index is 13.5. The third-order valence-electron chi connectivity index (χ3n) is 8.72. The predicted molar refractivity (Wildman–Crippen MR) is 185 cm³/mol. The van der Waals surface area contributed by atoms with Gasteiger partial charge in [-0.2, -0.15) is 0 Å². The molecule has 2 fully saturated rings. The van der Waals surface area contributed by atoms with Gasteiger partial charge in [0.2, 0.25) is 5.91 Å². The number of amides is 4. The minimum Gasteiger partial charge on any atom is -0.492 e. The number of benzene rings is 2. The van der Waals surface area contributed by atoms with Crippen LogP contribution in [0.15, 0.2) is 52.9 Å². The molecule has 13 heteroatoms. The van der Waals surface area contributed by atoms with E-state index in [1.165, 1.54) is 4.90 Å². The summed E-state index contributed by atoms with van der Waals surface area (Å²) in [7, 11) is 0. The molecule has 48 heavy (non-hydrogen) atoms. The van der Waals surface area contributed by atoms with Crippen LogP contribution in [0.5, 0.6) is 5.75 Å². The van der Waals surface area contributed by atoms with E-state index in [4.69, 9.17) is 20.8 Å². The average Bonchev–Trinajstić information content (AvgIpc) is 3.44. The van der Waals surface area contributed by atoms with Crippen molar-refractivity contribution in [3.8, 4) is 5.75 Å². The van der Waals surface area contributed by atoms with E-state index in [0.29, 0.717) is 53.3 Å². The molecule has 3 atom stereocenters. The molecule has 0 aliphatic carbocycles. The first-order valence-electron chi connectivity index (χ1n) is 16.6. The number of urea groups is 1. The van der Waals surface area contributed by atoms with Gasteiger partial charge in [-0.15, -0.1) is 0 Å². The molecular weight excluding hydrogens is 636 g/mol. The lowest BCUT2D eigenvalue weighted by atomic mass is 10.0.